The lowest BCUT2D eigenvalue weighted by molar-refractivity contribution is -0.787. The first-order chi connectivity index (χ1) is 8.81. The Morgan fingerprint density at radius 3 is 2.11 bits per heavy atom. The summed E-state index contributed by atoms with van der Waals surface area (Å²) in [6.07, 6.45) is 0. The normalized spacial score (nSPS) is 15.5. The van der Waals surface area contributed by atoms with Gasteiger partial charge >= 0.3 is 11.6 Å². The predicted molar refractivity (Wildman–Crippen MR) is 57.4 cm³/mol. The largest absolute Gasteiger partial charge is 0.563 e. The summed E-state index contributed by atoms with van der Waals surface area (Å²) in [5, 5.41) is 34.5. The van der Waals surface area contributed by atoms with Gasteiger partial charge in [0.2, 0.25) is 0 Å². The maximum absolute atomic E-state index is 11.6. The first-order valence-corrected chi connectivity index (χ1v) is 4.71. The fraction of sp³-hybridized carbons (Fsp3) is 0.125. The van der Waals surface area contributed by atoms with Crippen LogP contribution < -0.4 is 5.32 Å². The number of rotatable bonds is 3. The number of fused-ring (bicyclic) bond motifs is 1. The second-order valence-electron chi connectivity index (χ2n) is 3.63. The molecular formula is C8H4N4O7. The van der Waals surface area contributed by atoms with Gasteiger partial charge in [-0.25, -0.2) is 0 Å². The number of carbonyl (C=O) groups excluding carboxylic acids is 1. The molecule has 0 unspecified atom stereocenters. The Morgan fingerprint density at radius 2 is 1.63 bits per heavy atom. The van der Waals surface area contributed by atoms with E-state index in [2.05, 4.69) is 0 Å². The Morgan fingerprint density at radius 1 is 1.05 bits per heavy atom. The van der Waals surface area contributed by atoms with E-state index in [1.54, 1.807) is 0 Å². The third-order valence-electron chi connectivity index (χ3n) is 2.68. The summed E-state index contributed by atoms with van der Waals surface area (Å²) >= 11 is 0. The van der Waals surface area contributed by atoms with E-state index in [0.29, 0.717) is 6.07 Å². The fourth-order valence-electron chi connectivity index (χ4n) is 1.80. The first-order valence-electron chi connectivity index (χ1n) is 4.71. The van der Waals surface area contributed by atoms with E-state index < -0.39 is 37.6 Å². The van der Waals surface area contributed by atoms with Crippen molar-refractivity contribution >= 4 is 17.3 Å². The molecule has 1 aromatic carbocycles. The summed E-state index contributed by atoms with van der Waals surface area (Å²) < 4.78 is 0. The minimum atomic E-state index is -3.25. The average Bonchev–Trinajstić information content (AvgIpc) is 2.60. The summed E-state index contributed by atoms with van der Waals surface area (Å²) in [4.78, 5) is 40.4. The maximum Gasteiger partial charge on any atom is 0.563 e. The number of anilines is 1. The lowest BCUT2D eigenvalue weighted by Crippen LogP contribution is -2.49. The van der Waals surface area contributed by atoms with E-state index in [0.717, 1.165) is 12.1 Å². The Hall–Kier alpha value is -3.11. The molecule has 1 N–H and O–H groups in total. The van der Waals surface area contributed by atoms with Crippen LogP contribution in [-0.4, -0.2) is 20.7 Å². The molecule has 11 heteroatoms. The third kappa shape index (κ3) is 1.41. The van der Waals surface area contributed by atoms with Crippen molar-refractivity contribution in [3.8, 4) is 0 Å². The van der Waals surface area contributed by atoms with Crippen molar-refractivity contribution in [3.05, 3.63) is 54.1 Å². The molecule has 0 bridgehead atoms. The molecule has 98 valence electrons. The second kappa shape index (κ2) is 3.69. The monoisotopic (exact) mass is 268 g/mol. The van der Waals surface area contributed by atoms with Crippen LogP contribution in [0.25, 0.3) is 0 Å². The van der Waals surface area contributed by atoms with Crippen molar-refractivity contribution in [1.82, 2.24) is 0 Å². The number of nitro groups is 3. The molecule has 1 aliphatic heterocycles. The number of hydrogen-bond acceptors (Lipinski definition) is 7. The van der Waals surface area contributed by atoms with Crippen LogP contribution in [0.3, 0.4) is 0 Å². The molecule has 0 radical (unpaired) electrons. The molecule has 0 spiro atoms. The summed E-state index contributed by atoms with van der Waals surface area (Å²) in [6.45, 7) is 0. The molecule has 1 amide bonds. The average molecular weight is 268 g/mol. The highest BCUT2D eigenvalue weighted by Gasteiger charge is 2.71. The highest BCUT2D eigenvalue weighted by Crippen LogP contribution is 2.40. The van der Waals surface area contributed by atoms with Crippen LogP contribution in [0.2, 0.25) is 0 Å². The van der Waals surface area contributed by atoms with E-state index in [4.69, 9.17) is 0 Å². The van der Waals surface area contributed by atoms with Crippen molar-refractivity contribution in [2.45, 2.75) is 5.66 Å². The molecule has 2 rings (SSSR count). The van der Waals surface area contributed by atoms with Crippen LogP contribution in [0.1, 0.15) is 5.56 Å². The number of nitrogens with zero attached hydrogens (tertiary/aromatic N) is 3. The number of benzene rings is 1. The Kier molecular flexibility index (Phi) is 2.40. The standard InChI is InChI=1S/C8H4N4O7/c13-7-8(11(16)17,12(18)19)5-3-4(10(14)15)1-2-6(5)9-7/h1-3H,(H,9,13). The van der Waals surface area contributed by atoms with Gasteiger partial charge in [0.05, 0.1) is 10.6 Å². The summed E-state index contributed by atoms with van der Waals surface area (Å²) in [5.41, 5.74) is -4.67. The van der Waals surface area contributed by atoms with E-state index >= 15 is 0 Å². The van der Waals surface area contributed by atoms with Gasteiger partial charge in [-0.15, -0.1) is 0 Å². The smallest absolute Gasteiger partial charge is 0.312 e. The highest BCUT2D eigenvalue weighted by atomic mass is 16.7. The molecule has 19 heavy (non-hydrogen) atoms. The van der Waals surface area contributed by atoms with Crippen molar-refractivity contribution in [1.29, 1.82) is 0 Å². The zero-order valence-electron chi connectivity index (χ0n) is 8.93. The molecule has 0 atom stereocenters. The van der Waals surface area contributed by atoms with Gasteiger partial charge in [0.1, 0.15) is 15.4 Å². The van der Waals surface area contributed by atoms with E-state index in [-0.39, 0.29) is 5.69 Å². The quantitative estimate of drug-likeness (QED) is 0.467. The van der Waals surface area contributed by atoms with Gasteiger partial charge in [-0.2, -0.15) is 0 Å². The van der Waals surface area contributed by atoms with Gasteiger partial charge in [-0.05, 0) is 6.07 Å². The first kappa shape index (κ1) is 12.3. The third-order valence-corrected chi connectivity index (χ3v) is 2.68. The van der Waals surface area contributed by atoms with Gasteiger partial charge in [0.25, 0.3) is 5.69 Å². The Bertz CT molecular complexity index is 626. The van der Waals surface area contributed by atoms with Gasteiger partial charge in [0.15, 0.2) is 0 Å². The molecule has 1 aliphatic rings. The molecule has 1 aromatic rings. The van der Waals surface area contributed by atoms with Gasteiger partial charge in [0, 0.05) is 12.1 Å². The van der Waals surface area contributed by atoms with Crippen LogP contribution in [-0.2, 0) is 10.5 Å². The molecule has 0 aromatic heterocycles. The second-order valence-corrected chi connectivity index (χ2v) is 3.63. The Labute approximate surface area is 103 Å². The van der Waals surface area contributed by atoms with Crippen molar-refractivity contribution in [2.24, 2.45) is 0 Å². The van der Waals surface area contributed by atoms with E-state index in [9.17, 15) is 35.1 Å². The minimum absolute atomic E-state index is 0.191. The highest BCUT2D eigenvalue weighted by molar-refractivity contribution is 6.03. The Balaban J connectivity index is 2.78. The van der Waals surface area contributed by atoms with Crippen LogP contribution >= 0.6 is 0 Å². The molecule has 11 nitrogen and oxygen atoms in total. The van der Waals surface area contributed by atoms with Crippen LogP contribution in [0.4, 0.5) is 11.4 Å². The predicted octanol–water partition coefficient (Wildman–Crippen LogP) is 0.253. The zero-order valence-corrected chi connectivity index (χ0v) is 8.93. The minimum Gasteiger partial charge on any atom is -0.312 e. The summed E-state index contributed by atoms with van der Waals surface area (Å²) in [7, 11) is 0. The molecule has 0 fully saturated rings. The maximum atomic E-state index is 11.6. The number of nitro benzene ring substituents is 1. The topological polar surface area (TPSA) is 159 Å². The summed E-state index contributed by atoms with van der Waals surface area (Å²) in [6, 6.07) is 2.65. The van der Waals surface area contributed by atoms with Crippen LogP contribution in [0.5, 0.6) is 0 Å². The number of nitrogens with one attached hydrogen (secondary N) is 1. The lowest BCUT2D eigenvalue weighted by Gasteiger charge is -2.08. The zero-order chi connectivity index (χ0) is 14.4. The molecule has 0 aliphatic carbocycles. The SMILES string of the molecule is O=C1Nc2ccc([N+](=O)[O-])cc2C1([N+](=O)[O-])[N+](=O)[O-]. The number of amides is 1. The lowest BCUT2D eigenvalue weighted by atomic mass is 10.0. The van der Waals surface area contributed by atoms with Crippen LogP contribution in [0, 0.1) is 30.3 Å². The van der Waals surface area contributed by atoms with Crippen molar-refractivity contribution < 1.29 is 19.6 Å². The van der Waals surface area contributed by atoms with Crippen LogP contribution in [0.15, 0.2) is 18.2 Å². The molecule has 0 saturated heterocycles. The van der Waals surface area contributed by atoms with E-state index in [1.807, 2.05) is 5.32 Å². The number of hydrogen-bond donors (Lipinski definition) is 1. The van der Waals surface area contributed by atoms with E-state index in [1.165, 1.54) is 0 Å². The fourth-order valence-corrected chi connectivity index (χ4v) is 1.80. The number of carbonyl (C=O) groups is 1. The number of non-ortho nitro benzene ring substituents is 1. The van der Waals surface area contributed by atoms with Gasteiger partial charge in [-0.3, -0.25) is 35.1 Å². The summed E-state index contributed by atoms with van der Waals surface area (Å²) in [5.74, 6) is -1.46. The van der Waals surface area contributed by atoms with Crippen molar-refractivity contribution in [2.75, 3.05) is 5.32 Å². The molecular weight excluding hydrogens is 264 g/mol. The van der Waals surface area contributed by atoms with Crippen molar-refractivity contribution in [3.63, 3.8) is 0 Å². The molecule has 0 saturated carbocycles. The molecule has 1 heterocycles. The van der Waals surface area contributed by atoms with Gasteiger partial charge in [-0.1, -0.05) is 0 Å². The van der Waals surface area contributed by atoms with Gasteiger partial charge < -0.3 is 5.32 Å².